The molecular weight excluding hydrogens is 1050 g/mol. The Kier molecular flexibility index (Phi) is 62.8. The molecule has 2 atom stereocenters. The Morgan fingerprint density at radius 1 is 0.365 bits per heavy atom. The van der Waals surface area contributed by atoms with E-state index in [0.717, 1.165) is 89.9 Å². The zero-order valence-corrected chi connectivity index (χ0v) is 55.7. The number of unbranched alkanes of at least 4 members (excludes halogenated alkanes) is 31. The van der Waals surface area contributed by atoms with E-state index in [4.69, 9.17) is 18.9 Å². The smallest absolute Gasteiger partial charge is 0.306 e. The molecule has 0 radical (unpaired) electrons. The van der Waals surface area contributed by atoms with E-state index in [1.54, 1.807) is 0 Å². The van der Waals surface area contributed by atoms with Crippen molar-refractivity contribution in [2.45, 2.75) is 309 Å². The number of carbonyl (C=O) groups is 3. The highest BCUT2D eigenvalue weighted by atomic mass is 16.7. The van der Waals surface area contributed by atoms with E-state index in [0.29, 0.717) is 17.4 Å². The van der Waals surface area contributed by atoms with E-state index in [2.05, 4.69) is 123 Å². The van der Waals surface area contributed by atoms with E-state index >= 15 is 0 Å². The largest absolute Gasteiger partial charge is 0.545 e. The molecule has 9 nitrogen and oxygen atoms in total. The van der Waals surface area contributed by atoms with Crippen LogP contribution in [0.5, 0.6) is 0 Å². The van der Waals surface area contributed by atoms with Gasteiger partial charge in [-0.05, 0) is 103 Å². The third kappa shape index (κ3) is 67.3. The first kappa shape index (κ1) is 81.0. The second-order valence-corrected chi connectivity index (χ2v) is 24.4. The monoisotopic (exact) mass is 1190 g/mol. The van der Waals surface area contributed by atoms with Gasteiger partial charge in [0.2, 0.25) is 0 Å². The van der Waals surface area contributed by atoms with Crippen molar-refractivity contribution in [3.8, 4) is 0 Å². The van der Waals surface area contributed by atoms with Crippen molar-refractivity contribution >= 4 is 17.9 Å². The summed E-state index contributed by atoms with van der Waals surface area (Å²) >= 11 is 0. The third-order valence-electron chi connectivity index (χ3n) is 15.0. The number of carboxylic acid groups (broad SMARTS) is 1. The molecule has 0 aromatic carbocycles. The van der Waals surface area contributed by atoms with Gasteiger partial charge in [0.05, 0.1) is 40.3 Å². The van der Waals surface area contributed by atoms with Crippen molar-refractivity contribution < 1.29 is 42.9 Å². The van der Waals surface area contributed by atoms with Crippen LogP contribution in [0.4, 0.5) is 0 Å². The minimum Gasteiger partial charge on any atom is -0.545 e. The summed E-state index contributed by atoms with van der Waals surface area (Å²) in [4.78, 5) is 37.5. The van der Waals surface area contributed by atoms with Gasteiger partial charge < -0.3 is 33.3 Å². The number of aliphatic carboxylic acids is 1. The van der Waals surface area contributed by atoms with Gasteiger partial charge in [0.15, 0.2) is 12.4 Å². The highest BCUT2D eigenvalue weighted by molar-refractivity contribution is 5.70. The molecule has 2 unspecified atom stereocenters. The summed E-state index contributed by atoms with van der Waals surface area (Å²) in [6, 6.07) is 0. The standard InChI is InChI=1S/C76H131NO8/c1-6-8-10-12-14-16-18-20-22-24-26-28-29-30-31-32-33-34-35-36-37-38-39-40-41-42-43-44-45-47-49-51-53-55-57-59-61-63-65-67-74(79)85-72(71-84-76(75(80)81)82-69-68-77(3,4)5)70-83-73(78)66-64-62-60-58-56-54-52-50-48-46-27-25-23-21-19-17-15-13-11-9-7-2/h8,10,14,16,19-22,25-28,30-31,33-34,36-37,72,76H,6-7,9,11-13,15,17-18,23-24,29,32,35,38-71H2,1-5H3/b10-8-,16-14-,21-19-,22-20-,27-25-,28-26-,31-30-,34-33-,37-36-. The Morgan fingerprint density at radius 3 is 1.00 bits per heavy atom. The molecule has 0 amide bonds. The molecule has 0 aromatic heterocycles. The lowest BCUT2D eigenvalue weighted by molar-refractivity contribution is -0.870. The number of quaternary nitrogens is 1. The molecule has 0 bridgehead atoms. The summed E-state index contributed by atoms with van der Waals surface area (Å²) in [6.45, 7) is 4.64. The topological polar surface area (TPSA) is 111 Å². The number of carboxylic acids is 1. The maximum Gasteiger partial charge on any atom is 0.306 e. The van der Waals surface area contributed by atoms with Gasteiger partial charge in [0, 0.05) is 12.8 Å². The van der Waals surface area contributed by atoms with E-state index < -0.39 is 24.3 Å². The van der Waals surface area contributed by atoms with Crippen LogP contribution in [-0.4, -0.2) is 82.3 Å². The van der Waals surface area contributed by atoms with Crippen molar-refractivity contribution in [2.24, 2.45) is 0 Å². The van der Waals surface area contributed by atoms with E-state index in [9.17, 15) is 19.5 Å². The van der Waals surface area contributed by atoms with E-state index in [1.807, 2.05) is 21.1 Å². The lowest BCUT2D eigenvalue weighted by Gasteiger charge is -2.26. The third-order valence-corrected chi connectivity index (χ3v) is 15.0. The average molecular weight is 1190 g/mol. The maximum atomic E-state index is 12.9. The second kappa shape index (κ2) is 65.9. The van der Waals surface area contributed by atoms with E-state index in [-0.39, 0.29) is 38.6 Å². The van der Waals surface area contributed by atoms with Crippen LogP contribution in [0.15, 0.2) is 109 Å². The van der Waals surface area contributed by atoms with Crippen LogP contribution < -0.4 is 5.11 Å². The second-order valence-electron chi connectivity index (χ2n) is 24.4. The van der Waals surface area contributed by atoms with Gasteiger partial charge in [-0.2, -0.15) is 0 Å². The van der Waals surface area contributed by atoms with Gasteiger partial charge in [0.25, 0.3) is 0 Å². The number of hydrogen-bond acceptors (Lipinski definition) is 8. The number of hydrogen-bond donors (Lipinski definition) is 0. The molecule has 0 fully saturated rings. The highest BCUT2D eigenvalue weighted by Crippen LogP contribution is 2.17. The number of ether oxygens (including phenoxy) is 4. The number of rotatable bonds is 64. The Bertz CT molecular complexity index is 1760. The van der Waals surface area contributed by atoms with Crippen molar-refractivity contribution in [1.82, 2.24) is 0 Å². The van der Waals surface area contributed by atoms with Crippen LogP contribution in [0.1, 0.15) is 296 Å². The molecule has 488 valence electrons. The lowest BCUT2D eigenvalue weighted by Crippen LogP contribution is -2.44. The Hall–Kier alpha value is -4.05. The molecule has 0 aliphatic heterocycles. The van der Waals surface area contributed by atoms with Gasteiger partial charge in [-0.3, -0.25) is 9.59 Å². The van der Waals surface area contributed by atoms with Crippen LogP contribution >= 0.6 is 0 Å². The Balaban J connectivity index is 4.07. The van der Waals surface area contributed by atoms with Crippen LogP contribution in [0.2, 0.25) is 0 Å². The molecular formula is C76H131NO8. The summed E-state index contributed by atoms with van der Waals surface area (Å²) in [5.41, 5.74) is 0. The Labute approximate surface area is 524 Å². The molecule has 85 heavy (non-hydrogen) atoms. The molecule has 9 heteroatoms. The average Bonchev–Trinajstić information content (AvgIpc) is 3.49. The first-order chi connectivity index (χ1) is 41.6. The van der Waals surface area contributed by atoms with Gasteiger partial charge in [0.1, 0.15) is 13.2 Å². The minimum absolute atomic E-state index is 0.144. The molecule has 0 aromatic rings. The fourth-order valence-electron chi connectivity index (χ4n) is 9.67. The van der Waals surface area contributed by atoms with Crippen molar-refractivity contribution in [3.05, 3.63) is 109 Å². The normalized spacial score (nSPS) is 13.4. The predicted molar refractivity (Wildman–Crippen MR) is 361 cm³/mol. The van der Waals surface area contributed by atoms with Crippen molar-refractivity contribution in [2.75, 3.05) is 47.5 Å². The minimum atomic E-state index is -1.63. The number of carbonyl (C=O) groups excluding carboxylic acids is 3. The van der Waals surface area contributed by atoms with Gasteiger partial charge in [-0.25, -0.2) is 0 Å². The number of esters is 2. The summed E-state index contributed by atoms with van der Waals surface area (Å²) in [7, 11) is 5.93. The predicted octanol–water partition coefficient (Wildman–Crippen LogP) is 20.5. The van der Waals surface area contributed by atoms with Crippen LogP contribution in [0, 0.1) is 0 Å². The zero-order chi connectivity index (χ0) is 61.9. The molecule has 0 aliphatic rings. The summed E-state index contributed by atoms with van der Waals surface area (Å²) in [5.74, 6) is -2.28. The number of nitrogens with zero attached hydrogens (tertiary/aromatic N) is 1. The molecule has 0 heterocycles. The zero-order valence-electron chi connectivity index (χ0n) is 55.7. The first-order valence-corrected chi connectivity index (χ1v) is 35.0. The molecule has 0 spiro atoms. The highest BCUT2D eigenvalue weighted by Gasteiger charge is 2.22. The van der Waals surface area contributed by atoms with Crippen molar-refractivity contribution in [1.29, 1.82) is 0 Å². The van der Waals surface area contributed by atoms with Gasteiger partial charge in [-0.1, -0.05) is 290 Å². The van der Waals surface area contributed by atoms with Crippen LogP contribution in [0.3, 0.4) is 0 Å². The number of likely N-dealkylation sites (N-methyl/N-ethyl adjacent to an activating group) is 1. The summed E-state index contributed by atoms with van der Waals surface area (Å²) < 4.78 is 22.8. The molecule has 0 aliphatic carbocycles. The molecule has 0 saturated heterocycles. The number of allylic oxidation sites excluding steroid dienone is 18. The van der Waals surface area contributed by atoms with Crippen molar-refractivity contribution in [3.63, 3.8) is 0 Å². The van der Waals surface area contributed by atoms with E-state index in [1.165, 1.54) is 173 Å². The summed E-state index contributed by atoms with van der Waals surface area (Å²) in [5, 5.41) is 11.8. The molecule has 0 rings (SSSR count). The Morgan fingerprint density at radius 2 is 0.671 bits per heavy atom. The fourth-order valence-corrected chi connectivity index (χ4v) is 9.67. The van der Waals surface area contributed by atoms with Gasteiger partial charge >= 0.3 is 11.9 Å². The van der Waals surface area contributed by atoms with Gasteiger partial charge in [-0.15, -0.1) is 0 Å². The molecule has 0 N–H and O–H groups in total. The van der Waals surface area contributed by atoms with Crippen LogP contribution in [0.25, 0.3) is 0 Å². The fraction of sp³-hybridized carbons (Fsp3) is 0.724. The lowest BCUT2D eigenvalue weighted by atomic mass is 10.0. The maximum absolute atomic E-state index is 12.9. The quantitative estimate of drug-likeness (QED) is 0.0195. The summed E-state index contributed by atoms with van der Waals surface area (Å²) in [6.07, 6.45) is 88.8. The van der Waals surface area contributed by atoms with Crippen LogP contribution in [-0.2, 0) is 33.3 Å². The first-order valence-electron chi connectivity index (χ1n) is 35.0. The SMILES string of the molecule is CC/C=C\C/C=C\C/C=C\C/C=C\C/C=C\C/C=C\C/C=C\CCCCCCCCCCCCCCCCCCCC(=O)OC(COC(=O)CCCCCCCCCCC/C=C\C/C=C\CCCCCCC)COC(OCC[N+](C)(C)C)C(=O)[O-]. The molecule has 0 saturated carbocycles.